The van der Waals surface area contributed by atoms with Crippen molar-refractivity contribution in [2.45, 2.75) is 25.3 Å². The van der Waals surface area contributed by atoms with E-state index in [0.29, 0.717) is 26.1 Å². The van der Waals surface area contributed by atoms with Crippen LogP contribution in [0, 0.1) is 23.2 Å². The van der Waals surface area contributed by atoms with E-state index in [1.54, 1.807) is 4.90 Å². The molecule has 5 nitrogen and oxygen atoms in total. The summed E-state index contributed by atoms with van der Waals surface area (Å²) in [4.78, 5) is 13.6. The van der Waals surface area contributed by atoms with Crippen LogP contribution in [0.4, 0.5) is 5.69 Å². The minimum absolute atomic E-state index is 0.0313. The van der Waals surface area contributed by atoms with Crippen molar-refractivity contribution in [1.29, 1.82) is 5.26 Å². The number of nitrogens with two attached hydrogens (primary N) is 1. The van der Waals surface area contributed by atoms with Crippen LogP contribution in [-0.2, 0) is 22.4 Å². The second-order valence-corrected chi connectivity index (χ2v) is 7.80. The molecule has 0 radical (unpaired) electrons. The third-order valence-corrected chi connectivity index (χ3v) is 6.04. The summed E-state index contributed by atoms with van der Waals surface area (Å²) in [6.07, 6.45) is 1.98. The quantitative estimate of drug-likeness (QED) is 0.891. The first-order valence-electron chi connectivity index (χ1n) is 9.78. The molecule has 2 heterocycles. The molecule has 4 rings (SSSR count). The Bertz CT molecular complexity index is 916. The lowest BCUT2D eigenvalue weighted by Gasteiger charge is -2.31. The van der Waals surface area contributed by atoms with E-state index in [9.17, 15) is 10.1 Å². The number of rotatable bonds is 4. The first-order valence-corrected chi connectivity index (χ1v) is 9.78. The topological polar surface area (TPSA) is 79.3 Å². The van der Waals surface area contributed by atoms with Gasteiger partial charge in [0.15, 0.2) is 0 Å². The lowest BCUT2D eigenvalue weighted by molar-refractivity contribution is -0.117. The van der Waals surface area contributed by atoms with Gasteiger partial charge in [0.2, 0.25) is 5.91 Å². The number of nitrogens with zero attached hydrogens (tertiary/aromatic N) is 2. The molecule has 1 fully saturated rings. The van der Waals surface area contributed by atoms with Gasteiger partial charge in [0.05, 0.1) is 25.0 Å². The summed E-state index contributed by atoms with van der Waals surface area (Å²) < 4.78 is 5.54. The van der Waals surface area contributed by atoms with Gasteiger partial charge >= 0.3 is 0 Å². The second-order valence-electron chi connectivity index (χ2n) is 7.80. The summed E-state index contributed by atoms with van der Waals surface area (Å²) in [6, 6.07) is 17.0. The van der Waals surface area contributed by atoms with Crippen LogP contribution >= 0.6 is 0 Å². The van der Waals surface area contributed by atoms with E-state index < -0.39 is 0 Å². The van der Waals surface area contributed by atoms with Crippen molar-refractivity contribution in [1.82, 2.24) is 0 Å². The van der Waals surface area contributed by atoms with Gasteiger partial charge in [-0.2, -0.15) is 5.26 Å². The summed E-state index contributed by atoms with van der Waals surface area (Å²) in [5, 5.41) is 9.63. The van der Waals surface area contributed by atoms with Crippen molar-refractivity contribution in [3.05, 3.63) is 53.6 Å². The Labute approximate surface area is 165 Å². The molecule has 144 valence electrons. The minimum Gasteiger partial charge on any atom is -0.381 e. The zero-order chi connectivity index (χ0) is 19.7. The predicted molar refractivity (Wildman–Crippen MR) is 109 cm³/mol. The fraction of sp³-hybridized carbons (Fsp3) is 0.391. The van der Waals surface area contributed by atoms with Crippen LogP contribution < -0.4 is 10.6 Å². The number of likely N-dealkylation sites (N-methyl/N-ethyl adjacent to an activating group) is 1. The van der Waals surface area contributed by atoms with Gasteiger partial charge in [-0.15, -0.1) is 0 Å². The first kappa shape index (κ1) is 18.7. The molecular formula is C23H25N3O2. The van der Waals surface area contributed by atoms with E-state index in [4.69, 9.17) is 10.5 Å². The number of nitriles is 1. The molecule has 28 heavy (non-hydrogen) atoms. The molecule has 0 aliphatic carbocycles. The Morgan fingerprint density at radius 1 is 1.25 bits per heavy atom. The van der Waals surface area contributed by atoms with Gasteiger partial charge in [-0.05, 0) is 41.2 Å². The molecule has 2 aliphatic rings. The van der Waals surface area contributed by atoms with Crippen LogP contribution in [0.5, 0.6) is 0 Å². The fourth-order valence-corrected chi connectivity index (χ4v) is 4.19. The molecule has 3 unspecified atom stereocenters. The molecule has 2 aromatic carbocycles. The zero-order valence-corrected chi connectivity index (χ0v) is 16.1. The van der Waals surface area contributed by atoms with Crippen molar-refractivity contribution in [2.24, 2.45) is 17.6 Å². The SMILES string of the molecule is CN1C(=O)Cc2ccc(-c3ccc(CC(C#N)C4COCCC4N)cc3)cc21. The summed E-state index contributed by atoms with van der Waals surface area (Å²) in [7, 11) is 1.82. The highest BCUT2D eigenvalue weighted by Gasteiger charge is 2.30. The Morgan fingerprint density at radius 2 is 2.00 bits per heavy atom. The average Bonchev–Trinajstić information content (AvgIpc) is 3.00. The lowest BCUT2D eigenvalue weighted by Crippen LogP contribution is -2.42. The molecule has 1 saturated heterocycles. The maximum absolute atomic E-state index is 11.9. The van der Waals surface area contributed by atoms with Crippen LogP contribution in [0.15, 0.2) is 42.5 Å². The van der Waals surface area contributed by atoms with Crippen molar-refractivity contribution in [2.75, 3.05) is 25.2 Å². The number of anilines is 1. The third-order valence-electron chi connectivity index (χ3n) is 6.04. The molecule has 1 amide bonds. The number of fused-ring (bicyclic) bond motifs is 1. The predicted octanol–water partition coefficient (Wildman–Crippen LogP) is 2.92. The molecule has 2 aliphatic heterocycles. The highest BCUT2D eigenvalue weighted by molar-refractivity contribution is 6.01. The van der Waals surface area contributed by atoms with Crippen LogP contribution in [0.25, 0.3) is 11.1 Å². The molecule has 3 atom stereocenters. The van der Waals surface area contributed by atoms with Crippen molar-refractivity contribution in [3.8, 4) is 17.2 Å². The highest BCUT2D eigenvalue weighted by atomic mass is 16.5. The standard InChI is InChI=1S/C23H25N3O2/c1-26-22-11-17(6-7-18(22)12-23(26)27)16-4-2-15(3-5-16)10-19(13-24)20-14-28-9-8-21(20)25/h2-7,11,19-21H,8-10,12,14,25H2,1H3. The van der Waals surface area contributed by atoms with E-state index in [1.165, 1.54) is 0 Å². The van der Waals surface area contributed by atoms with Crippen LogP contribution in [0.1, 0.15) is 17.5 Å². The zero-order valence-electron chi connectivity index (χ0n) is 16.1. The smallest absolute Gasteiger partial charge is 0.231 e. The van der Waals surface area contributed by atoms with Crippen molar-refractivity contribution >= 4 is 11.6 Å². The van der Waals surface area contributed by atoms with Gasteiger partial charge in [-0.1, -0.05) is 36.4 Å². The van der Waals surface area contributed by atoms with Crippen LogP contribution in [-0.4, -0.2) is 32.2 Å². The van der Waals surface area contributed by atoms with Gasteiger partial charge in [0, 0.05) is 31.3 Å². The molecule has 0 aromatic heterocycles. The minimum atomic E-state index is -0.138. The number of hydrogen-bond acceptors (Lipinski definition) is 4. The Kier molecular flexibility index (Phi) is 5.17. The summed E-state index contributed by atoms with van der Waals surface area (Å²) in [5.74, 6) is 0.0824. The van der Waals surface area contributed by atoms with Gasteiger partial charge in [-0.25, -0.2) is 0 Å². The number of amides is 1. The first-order chi connectivity index (χ1) is 13.6. The average molecular weight is 375 g/mol. The maximum Gasteiger partial charge on any atom is 0.231 e. The maximum atomic E-state index is 11.9. The van der Waals surface area contributed by atoms with Gasteiger partial charge in [0.25, 0.3) is 0 Å². The summed E-state index contributed by atoms with van der Waals surface area (Å²) in [6.45, 7) is 1.25. The molecular weight excluding hydrogens is 350 g/mol. The van der Waals surface area contributed by atoms with Gasteiger partial charge < -0.3 is 15.4 Å². The van der Waals surface area contributed by atoms with Crippen molar-refractivity contribution in [3.63, 3.8) is 0 Å². The van der Waals surface area contributed by atoms with E-state index in [0.717, 1.165) is 34.4 Å². The Balaban J connectivity index is 1.50. The summed E-state index contributed by atoms with van der Waals surface area (Å²) >= 11 is 0. The molecule has 2 N–H and O–H groups in total. The van der Waals surface area contributed by atoms with Crippen LogP contribution in [0.3, 0.4) is 0 Å². The Morgan fingerprint density at radius 3 is 2.71 bits per heavy atom. The number of ether oxygens (including phenoxy) is 1. The molecule has 5 heteroatoms. The number of carbonyl (C=O) groups is 1. The second kappa shape index (κ2) is 7.75. The van der Waals surface area contributed by atoms with E-state index in [2.05, 4.69) is 42.5 Å². The van der Waals surface area contributed by atoms with E-state index in [-0.39, 0.29) is 23.8 Å². The van der Waals surface area contributed by atoms with E-state index in [1.807, 2.05) is 13.1 Å². The lowest BCUT2D eigenvalue weighted by atomic mass is 9.81. The fourth-order valence-electron chi connectivity index (χ4n) is 4.19. The highest BCUT2D eigenvalue weighted by Crippen LogP contribution is 2.33. The van der Waals surface area contributed by atoms with Crippen LogP contribution in [0.2, 0.25) is 0 Å². The third kappa shape index (κ3) is 3.54. The molecule has 0 saturated carbocycles. The normalized spacial score (nSPS) is 22.6. The largest absolute Gasteiger partial charge is 0.381 e. The summed E-state index contributed by atoms with van der Waals surface area (Å²) in [5.41, 5.74) is 11.6. The molecule has 0 bridgehead atoms. The molecule has 2 aromatic rings. The van der Waals surface area contributed by atoms with Gasteiger partial charge in [-0.3, -0.25) is 4.79 Å². The number of hydrogen-bond donors (Lipinski definition) is 1. The van der Waals surface area contributed by atoms with E-state index >= 15 is 0 Å². The monoisotopic (exact) mass is 375 g/mol. The van der Waals surface area contributed by atoms with Gasteiger partial charge in [0.1, 0.15) is 0 Å². The Hall–Kier alpha value is -2.68. The van der Waals surface area contributed by atoms with Crippen molar-refractivity contribution < 1.29 is 9.53 Å². The number of carbonyl (C=O) groups excluding carboxylic acids is 1. The number of benzene rings is 2. The molecule has 0 spiro atoms.